The van der Waals surface area contributed by atoms with Gasteiger partial charge in [-0.25, -0.2) is 4.98 Å². The molecule has 0 saturated heterocycles. The number of ether oxygens (including phenoxy) is 2. The third-order valence-electron chi connectivity index (χ3n) is 3.01. The third kappa shape index (κ3) is 5.03. The quantitative estimate of drug-likeness (QED) is 0.649. The second-order valence-corrected chi connectivity index (χ2v) is 5.38. The number of hydrogen-bond donors (Lipinski definition) is 1. The highest BCUT2D eigenvalue weighted by Crippen LogP contribution is 2.23. The predicted molar refractivity (Wildman–Crippen MR) is 93.2 cm³/mol. The van der Waals surface area contributed by atoms with Crippen molar-refractivity contribution in [3.8, 4) is 11.5 Å². The SMILES string of the molecule is COc1cc(/C=C/C(=O)Nc2ccc(SC)nc2)cc(OC)c1. The van der Waals surface area contributed by atoms with E-state index in [9.17, 15) is 4.79 Å². The second kappa shape index (κ2) is 8.24. The average Bonchev–Trinajstić information content (AvgIpc) is 2.60. The van der Waals surface area contributed by atoms with Crippen molar-refractivity contribution >= 4 is 29.4 Å². The largest absolute Gasteiger partial charge is 0.497 e. The van der Waals surface area contributed by atoms with Gasteiger partial charge in [0, 0.05) is 12.1 Å². The van der Waals surface area contributed by atoms with Crippen LogP contribution in [0.3, 0.4) is 0 Å². The second-order valence-electron chi connectivity index (χ2n) is 4.56. The molecule has 0 aliphatic carbocycles. The van der Waals surface area contributed by atoms with Crippen LogP contribution in [-0.2, 0) is 4.79 Å². The van der Waals surface area contributed by atoms with Crippen LogP contribution in [0.15, 0.2) is 47.6 Å². The first-order valence-corrected chi connectivity index (χ1v) is 8.09. The van der Waals surface area contributed by atoms with Crippen molar-refractivity contribution in [3.63, 3.8) is 0 Å². The molecular weight excluding hydrogens is 312 g/mol. The minimum Gasteiger partial charge on any atom is -0.497 e. The Hall–Kier alpha value is -2.47. The lowest BCUT2D eigenvalue weighted by Gasteiger charge is -2.06. The monoisotopic (exact) mass is 330 g/mol. The molecule has 2 aromatic rings. The van der Waals surface area contributed by atoms with Gasteiger partial charge < -0.3 is 14.8 Å². The van der Waals surface area contributed by atoms with E-state index in [1.165, 1.54) is 6.08 Å². The standard InChI is InChI=1S/C17H18N2O3S/c1-21-14-8-12(9-15(10-14)22-2)4-6-16(20)19-13-5-7-17(23-3)18-11-13/h4-11H,1-3H3,(H,19,20)/b6-4+. The maximum atomic E-state index is 12.0. The Morgan fingerprint density at radius 2 is 1.87 bits per heavy atom. The minimum atomic E-state index is -0.231. The van der Waals surface area contributed by atoms with Crippen molar-refractivity contribution in [2.24, 2.45) is 0 Å². The summed E-state index contributed by atoms with van der Waals surface area (Å²) in [5.74, 6) is 1.10. The van der Waals surface area contributed by atoms with Gasteiger partial charge in [-0.2, -0.15) is 0 Å². The molecule has 2 rings (SSSR count). The Bertz CT molecular complexity index is 677. The number of nitrogens with zero attached hydrogens (tertiary/aromatic N) is 1. The lowest BCUT2D eigenvalue weighted by atomic mass is 10.2. The fourth-order valence-corrected chi connectivity index (χ4v) is 2.22. The van der Waals surface area contributed by atoms with Crippen molar-refractivity contribution < 1.29 is 14.3 Å². The molecule has 0 radical (unpaired) electrons. The summed E-state index contributed by atoms with van der Waals surface area (Å²) in [6.07, 6.45) is 6.73. The molecule has 0 fully saturated rings. The summed E-state index contributed by atoms with van der Waals surface area (Å²) in [6.45, 7) is 0. The topological polar surface area (TPSA) is 60.5 Å². The lowest BCUT2D eigenvalue weighted by Crippen LogP contribution is -2.07. The first-order valence-electron chi connectivity index (χ1n) is 6.87. The maximum absolute atomic E-state index is 12.0. The first-order chi connectivity index (χ1) is 11.1. The zero-order valence-electron chi connectivity index (χ0n) is 13.2. The number of nitrogens with one attached hydrogen (secondary N) is 1. The molecule has 1 aromatic heterocycles. The fraction of sp³-hybridized carbons (Fsp3) is 0.176. The van der Waals surface area contributed by atoms with Crippen molar-refractivity contribution in [2.45, 2.75) is 5.03 Å². The van der Waals surface area contributed by atoms with Crippen LogP contribution < -0.4 is 14.8 Å². The normalized spacial score (nSPS) is 10.6. The predicted octanol–water partition coefficient (Wildman–Crippen LogP) is 3.47. The molecule has 0 aliphatic heterocycles. The minimum absolute atomic E-state index is 0.231. The number of thioether (sulfide) groups is 1. The number of carbonyl (C=O) groups excluding carboxylic acids is 1. The highest BCUT2D eigenvalue weighted by molar-refractivity contribution is 7.98. The summed E-state index contributed by atoms with van der Waals surface area (Å²) in [5.41, 5.74) is 1.47. The third-order valence-corrected chi connectivity index (χ3v) is 3.67. The maximum Gasteiger partial charge on any atom is 0.248 e. The summed E-state index contributed by atoms with van der Waals surface area (Å²) >= 11 is 1.55. The number of carbonyl (C=O) groups is 1. The van der Waals surface area contributed by atoms with Gasteiger partial charge in [-0.15, -0.1) is 11.8 Å². The van der Waals surface area contributed by atoms with Crippen LogP contribution in [0.1, 0.15) is 5.56 Å². The zero-order chi connectivity index (χ0) is 16.7. The number of anilines is 1. The molecule has 0 bridgehead atoms. The van der Waals surface area contributed by atoms with Gasteiger partial charge in [0.25, 0.3) is 0 Å². The number of rotatable bonds is 6. The molecule has 1 heterocycles. The molecule has 0 unspecified atom stereocenters. The molecule has 1 N–H and O–H groups in total. The Labute approximate surface area is 139 Å². The van der Waals surface area contributed by atoms with E-state index >= 15 is 0 Å². The van der Waals surface area contributed by atoms with Crippen molar-refractivity contribution in [2.75, 3.05) is 25.8 Å². The average molecular weight is 330 g/mol. The fourth-order valence-electron chi connectivity index (χ4n) is 1.86. The summed E-state index contributed by atoms with van der Waals surface area (Å²) in [6, 6.07) is 9.09. The summed E-state index contributed by atoms with van der Waals surface area (Å²) in [4.78, 5) is 16.2. The molecule has 6 heteroatoms. The van der Waals surface area contributed by atoms with E-state index in [2.05, 4.69) is 10.3 Å². The van der Waals surface area contributed by atoms with E-state index < -0.39 is 0 Å². The van der Waals surface area contributed by atoms with Gasteiger partial charge in [-0.3, -0.25) is 4.79 Å². The van der Waals surface area contributed by atoms with E-state index in [0.29, 0.717) is 17.2 Å². The highest BCUT2D eigenvalue weighted by Gasteiger charge is 2.02. The number of methoxy groups -OCH3 is 2. The van der Waals surface area contributed by atoms with Crippen molar-refractivity contribution in [3.05, 3.63) is 48.2 Å². The molecule has 0 spiro atoms. The Morgan fingerprint density at radius 1 is 1.17 bits per heavy atom. The number of hydrogen-bond acceptors (Lipinski definition) is 5. The summed E-state index contributed by atoms with van der Waals surface area (Å²) in [5, 5.41) is 3.67. The van der Waals surface area contributed by atoms with E-state index in [0.717, 1.165) is 10.6 Å². The van der Waals surface area contributed by atoms with Gasteiger partial charge in [-0.1, -0.05) is 0 Å². The van der Waals surface area contributed by atoms with Crippen LogP contribution in [-0.4, -0.2) is 31.4 Å². The summed E-state index contributed by atoms with van der Waals surface area (Å²) < 4.78 is 10.4. The molecule has 1 aromatic carbocycles. The Kier molecular flexibility index (Phi) is 6.05. The Balaban J connectivity index is 2.05. The van der Waals surface area contributed by atoms with Crippen molar-refractivity contribution in [1.29, 1.82) is 0 Å². The molecule has 5 nitrogen and oxygen atoms in total. The van der Waals surface area contributed by atoms with Gasteiger partial charge >= 0.3 is 0 Å². The number of aromatic nitrogens is 1. The molecule has 0 aliphatic rings. The number of benzene rings is 1. The van der Waals surface area contributed by atoms with Crippen molar-refractivity contribution in [1.82, 2.24) is 4.98 Å². The zero-order valence-corrected chi connectivity index (χ0v) is 14.0. The molecule has 23 heavy (non-hydrogen) atoms. The van der Waals surface area contributed by atoms with Crippen LogP contribution >= 0.6 is 11.8 Å². The molecular formula is C17H18N2O3S. The van der Waals surface area contributed by atoms with Crippen LogP contribution in [0, 0.1) is 0 Å². The number of amides is 1. The van der Waals surface area contributed by atoms with E-state index in [1.807, 2.05) is 30.5 Å². The van der Waals surface area contributed by atoms with Gasteiger partial charge in [0.05, 0.1) is 31.1 Å². The van der Waals surface area contributed by atoms with Crippen LogP contribution in [0.4, 0.5) is 5.69 Å². The molecule has 0 atom stereocenters. The van der Waals surface area contributed by atoms with Gasteiger partial charge in [-0.05, 0) is 42.2 Å². The smallest absolute Gasteiger partial charge is 0.248 e. The van der Waals surface area contributed by atoms with Crippen LogP contribution in [0.5, 0.6) is 11.5 Å². The van der Waals surface area contributed by atoms with E-state index in [4.69, 9.17) is 9.47 Å². The lowest BCUT2D eigenvalue weighted by molar-refractivity contribution is -0.111. The van der Waals surface area contributed by atoms with E-state index in [-0.39, 0.29) is 5.91 Å². The van der Waals surface area contributed by atoms with Gasteiger partial charge in [0.1, 0.15) is 11.5 Å². The molecule has 0 saturated carbocycles. The first kappa shape index (κ1) is 16.9. The van der Waals surface area contributed by atoms with E-state index in [1.54, 1.807) is 44.3 Å². The Morgan fingerprint density at radius 3 is 2.39 bits per heavy atom. The molecule has 120 valence electrons. The highest BCUT2D eigenvalue weighted by atomic mass is 32.2. The van der Waals surface area contributed by atoms with Gasteiger partial charge in [0.15, 0.2) is 0 Å². The molecule has 1 amide bonds. The van der Waals surface area contributed by atoms with Crippen LogP contribution in [0.25, 0.3) is 6.08 Å². The van der Waals surface area contributed by atoms with Crippen LogP contribution in [0.2, 0.25) is 0 Å². The van der Waals surface area contributed by atoms with Gasteiger partial charge in [0.2, 0.25) is 5.91 Å². The summed E-state index contributed by atoms with van der Waals surface area (Å²) in [7, 11) is 3.17. The number of pyridine rings is 1.